The number of nitrogens with zero attached hydrogens (tertiary/aromatic N) is 1. The molecule has 0 aliphatic carbocycles. The van der Waals surface area contributed by atoms with E-state index in [2.05, 4.69) is 4.98 Å². The van der Waals surface area contributed by atoms with Crippen molar-refractivity contribution >= 4 is 29.5 Å². The van der Waals surface area contributed by atoms with Crippen molar-refractivity contribution in [1.82, 2.24) is 4.98 Å². The zero-order valence-corrected chi connectivity index (χ0v) is 8.64. The number of ether oxygens (including phenoxy) is 1. The molecule has 0 saturated heterocycles. The molecule has 0 spiro atoms. The number of carbonyl (C=O) groups excluding carboxylic acids is 1. The number of pyridine rings is 1. The summed E-state index contributed by atoms with van der Waals surface area (Å²) in [6.07, 6.45) is -0.189. The molecule has 0 radical (unpaired) electrons. The summed E-state index contributed by atoms with van der Waals surface area (Å²) in [5, 5.41) is -0.133. The second-order valence-electron chi connectivity index (χ2n) is 2.51. The highest BCUT2D eigenvalue weighted by Crippen LogP contribution is 2.27. The molecule has 1 heterocycles. The third-order valence-corrected chi connectivity index (χ3v) is 1.88. The number of rotatable bonds is 3. The molecule has 3 nitrogen and oxygen atoms in total. The number of aromatic nitrogens is 1. The first-order chi connectivity index (χ1) is 6.54. The largest absolute Gasteiger partial charge is 0.466 e. The second-order valence-corrected chi connectivity index (χ2v) is 3.32. The minimum absolute atomic E-state index is 0.0603. The molecule has 1 aromatic heterocycles. The smallest absolute Gasteiger partial charge is 0.236 e. The van der Waals surface area contributed by atoms with E-state index in [1.54, 1.807) is 0 Å². The fraction of sp³-hybridized carbons (Fsp3) is 0.250. The maximum atomic E-state index is 12.8. The van der Waals surface area contributed by atoms with Gasteiger partial charge in [-0.2, -0.15) is 9.37 Å². The molecular formula is C8H6Cl2FNO2. The normalized spacial score (nSPS) is 12.3. The molecule has 0 saturated carbocycles. The predicted octanol–water partition coefficient (Wildman–Crippen LogP) is 2.49. The molecule has 0 amide bonds. The Morgan fingerprint density at radius 3 is 2.79 bits per heavy atom. The Morgan fingerprint density at radius 1 is 1.57 bits per heavy atom. The number of carbonyl (C=O) groups is 1. The lowest BCUT2D eigenvalue weighted by Crippen LogP contribution is -2.14. The highest BCUT2D eigenvalue weighted by Gasteiger charge is 2.12. The van der Waals surface area contributed by atoms with E-state index in [1.807, 2.05) is 0 Å². The van der Waals surface area contributed by atoms with Crippen molar-refractivity contribution in [3.05, 3.63) is 22.1 Å². The van der Waals surface area contributed by atoms with Crippen LogP contribution in [0.15, 0.2) is 6.07 Å². The maximum Gasteiger partial charge on any atom is 0.236 e. The minimum Gasteiger partial charge on any atom is -0.466 e. The molecule has 1 atom stereocenters. The Hall–Kier alpha value is -0.870. The molecule has 0 N–H and O–H groups in total. The second kappa shape index (κ2) is 4.57. The Kier molecular flexibility index (Phi) is 3.66. The molecule has 1 unspecified atom stereocenters. The van der Waals surface area contributed by atoms with E-state index in [4.69, 9.17) is 27.9 Å². The van der Waals surface area contributed by atoms with Gasteiger partial charge >= 0.3 is 0 Å². The summed E-state index contributed by atoms with van der Waals surface area (Å²) < 4.78 is 17.8. The summed E-state index contributed by atoms with van der Waals surface area (Å²) >= 11 is 11.1. The zero-order chi connectivity index (χ0) is 10.7. The maximum absolute atomic E-state index is 12.8. The van der Waals surface area contributed by atoms with Crippen molar-refractivity contribution in [2.75, 3.05) is 0 Å². The van der Waals surface area contributed by atoms with Crippen LogP contribution in [0.25, 0.3) is 0 Å². The van der Waals surface area contributed by atoms with Crippen LogP contribution in [0.5, 0.6) is 5.88 Å². The van der Waals surface area contributed by atoms with Crippen molar-refractivity contribution in [3.63, 3.8) is 0 Å². The van der Waals surface area contributed by atoms with Crippen molar-refractivity contribution in [2.45, 2.75) is 13.0 Å². The molecule has 76 valence electrons. The SMILES string of the molecule is CC(C=O)Oc1nc(F)c(Cl)cc1Cl. The first-order valence-electron chi connectivity index (χ1n) is 3.68. The zero-order valence-electron chi connectivity index (χ0n) is 7.13. The van der Waals surface area contributed by atoms with Crippen LogP contribution >= 0.6 is 23.2 Å². The van der Waals surface area contributed by atoms with Gasteiger partial charge in [0.25, 0.3) is 0 Å². The molecule has 1 rings (SSSR count). The van der Waals surface area contributed by atoms with Gasteiger partial charge in [0.05, 0.1) is 5.02 Å². The number of hydrogen-bond donors (Lipinski definition) is 0. The summed E-state index contributed by atoms with van der Waals surface area (Å²) in [6, 6.07) is 1.16. The molecule has 14 heavy (non-hydrogen) atoms. The summed E-state index contributed by atoms with van der Waals surface area (Å²) in [4.78, 5) is 13.6. The van der Waals surface area contributed by atoms with Gasteiger partial charge in [-0.1, -0.05) is 23.2 Å². The molecule has 0 bridgehead atoms. The molecule has 0 aliphatic heterocycles. The van der Waals surface area contributed by atoms with Crippen molar-refractivity contribution < 1.29 is 13.9 Å². The quantitative estimate of drug-likeness (QED) is 0.599. The van der Waals surface area contributed by atoms with Crippen LogP contribution < -0.4 is 4.74 Å². The number of hydrogen-bond acceptors (Lipinski definition) is 3. The molecule has 6 heteroatoms. The van der Waals surface area contributed by atoms with Gasteiger partial charge < -0.3 is 4.74 Å². The Labute approximate surface area is 89.8 Å². The van der Waals surface area contributed by atoms with Crippen molar-refractivity contribution in [2.24, 2.45) is 0 Å². The lowest BCUT2D eigenvalue weighted by molar-refractivity contribution is -0.113. The monoisotopic (exact) mass is 237 g/mol. The fourth-order valence-corrected chi connectivity index (χ4v) is 1.12. The third kappa shape index (κ3) is 2.56. The average molecular weight is 238 g/mol. The minimum atomic E-state index is -0.885. The van der Waals surface area contributed by atoms with Crippen molar-refractivity contribution in [3.8, 4) is 5.88 Å². The van der Waals surface area contributed by atoms with E-state index in [-0.39, 0.29) is 15.9 Å². The van der Waals surface area contributed by atoms with E-state index in [1.165, 1.54) is 6.92 Å². The van der Waals surface area contributed by atoms with Crippen LogP contribution in [0.2, 0.25) is 10.0 Å². The first-order valence-corrected chi connectivity index (χ1v) is 4.43. The van der Waals surface area contributed by atoms with Gasteiger partial charge in [0, 0.05) is 0 Å². The van der Waals surface area contributed by atoms with E-state index in [0.29, 0.717) is 6.29 Å². The van der Waals surface area contributed by atoms with Crippen LogP contribution in [0.1, 0.15) is 6.92 Å². The summed E-state index contributed by atoms with van der Waals surface area (Å²) in [5.41, 5.74) is 0. The lowest BCUT2D eigenvalue weighted by Gasteiger charge is -2.09. The van der Waals surface area contributed by atoms with E-state index in [0.717, 1.165) is 6.07 Å². The summed E-state index contributed by atoms with van der Waals surface area (Å²) in [5.74, 6) is -1.03. The van der Waals surface area contributed by atoms with E-state index < -0.39 is 12.1 Å². The lowest BCUT2D eigenvalue weighted by atomic mass is 10.4. The van der Waals surface area contributed by atoms with Crippen LogP contribution in [0.4, 0.5) is 4.39 Å². The standard InChI is InChI=1S/C8H6Cl2FNO2/c1-4(3-13)14-8-6(10)2-5(9)7(11)12-8/h2-4H,1H3. The third-order valence-electron chi connectivity index (χ3n) is 1.34. The Balaban J connectivity index is 2.97. The van der Waals surface area contributed by atoms with Gasteiger partial charge in [-0.05, 0) is 13.0 Å². The average Bonchev–Trinajstić information content (AvgIpc) is 2.14. The topological polar surface area (TPSA) is 39.2 Å². The Morgan fingerprint density at radius 2 is 2.21 bits per heavy atom. The molecule has 0 fully saturated rings. The van der Waals surface area contributed by atoms with Crippen LogP contribution in [0, 0.1) is 5.95 Å². The van der Waals surface area contributed by atoms with Gasteiger partial charge in [0.15, 0.2) is 12.4 Å². The van der Waals surface area contributed by atoms with E-state index in [9.17, 15) is 9.18 Å². The fourth-order valence-electron chi connectivity index (χ4n) is 0.715. The number of halogens is 3. The highest BCUT2D eigenvalue weighted by molar-refractivity contribution is 6.35. The van der Waals surface area contributed by atoms with Gasteiger partial charge in [-0.3, -0.25) is 4.79 Å². The molecular weight excluding hydrogens is 232 g/mol. The predicted molar refractivity (Wildman–Crippen MR) is 50.4 cm³/mol. The van der Waals surface area contributed by atoms with Gasteiger partial charge in [0.1, 0.15) is 5.02 Å². The van der Waals surface area contributed by atoms with E-state index >= 15 is 0 Å². The molecule has 1 aromatic rings. The van der Waals surface area contributed by atoms with Gasteiger partial charge in [0.2, 0.25) is 11.8 Å². The first kappa shape index (κ1) is 11.2. The van der Waals surface area contributed by atoms with Gasteiger partial charge in [-0.25, -0.2) is 0 Å². The molecule has 0 aromatic carbocycles. The highest BCUT2D eigenvalue weighted by atomic mass is 35.5. The number of aldehydes is 1. The van der Waals surface area contributed by atoms with Crippen LogP contribution in [-0.2, 0) is 4.79 Å². The Bertz CT molecular complexity index is 359. The molecule has 0 aliphatic rings. The summed E-state index contributed by atoms with van der Waals surface area (Å²) in [6.45, 7) is 1.48. The summed E-state index contributed by atoms with van der Waals surface area (Å²) in [7, 11) is 0. The van der Waals surface area contributed by atoms with Crippen LogP contribution in [-0.4, -0.2) is 17.4 Å². The van der Waals surface area contributed by atoms with Crippen LogP contribution in [0.3, 0.4) is 0 Å². The van der Waals surface area contributed by atoms with Gasteiger partial charge in [-0.15, -0.1) is 0 Å². The van der Waals surface area contributed by atoms with Crippen molar-refractivity contribution in [1.29, 1.82) is 0 Å².